The summed E-state index contributed by atoms with van der Waals surface area (Å²) in [5, 5.41) is 15.9. The van der Waals surface area contributed by atoms with Crippen LogP contribution in [-0.2, 0) is 4.43 Å². The van der Waals surface area contributed by atoms with E-state index in [1.807, 2.05) is 0 Å². The van der Waals surface area contributed by atoms with E-state index in [0.29, 0.717) is 33.8 Å². The quantitative estimate of drug-likeness (QED) is 0.374. The molecule has 0 amide bonds. The van der Waals surface area contributed by atoms with Gasteiger partial charge in [-0.2, -0.15) is 0 Å². The summed E-state index contributed by atoms with van der Waals surface area (Å²) >= 11 is 0. The molecule has 36 heavy (non-hydrogen) atoms. The number of hydrogen-bond acceptors (Lipinski definition) is 3. The van der Waals surface area contributed by atoms with Crippen LogP contribution in [0.5, 0.6) is 0 Å². The highest BCUT2D eigenvalue weighted by Gasteiger charge is 2.63. The predicted molar refractivity (Wildman–Crippen MR) is 154 cm³/mol. The molecular weight excluding hydrogens is 458 g/mol. The van der Waals surface area contributed by atoms with Crippen LogP contribution in [0, 0.1) is 46.3 Å². The van der Waals surface area contributed by atoms with Gasteiger partial charge in [-0.15, -0.1) is 0 Å². The van der Waals surface area contributed by atoms with Gasteiger partial charge in [0.2, 0.25) is 0 Å². The van der Waals surface area contributed by atoms with E-state index in [1.54, 1.807) is 0 Å². The number of rotatable bonds is 4. The highest BCUT2D eigenvalue weighted by molar-refractivity contribution is 6.74. The molecule has 0 aromatic carbocycles. The summed E-state index contributed by atoms with van der Waals surface area (Å²) in [6, 6.07) is 0. The average Bonchev–Trinajstić information content (AvgIpc) is 3.17. The first-order valence-electron chi connectivity index (χ1n) is 15.8. The zero-order valence-electron chi connectivity index (χ0n) is 25.1. The van der Waals surface area contributed by atoms with E-state index >= 15 is 0 Å². The molecule has 4 saturated carbocycles. The monoisotopic (exact) mass is 517 g/mol. The number of piperidine rings is 1. The summed E-state index contributed by atoms with van der Waals surface area (Å²) in [5.41, 5.74) is 0.309. The van der Waals surface area contributed by atoms with Crippen molar-refractivity contribution in [1.29, 1.82) is 0 Å². The van der Waals surface area contributed by atoms with Gasteiger partial charge in [-0.1, -0.05) is 34.6 Å². The van der Waals surface area contributed by atoms with E-state index in [-0.39, 0.29) is 0 Å². The van der Waals surface area contributed by atoms with Crippen molar-refractivity contribution in [3.05, 3.63) is 0 Å². The molecule has 4 aliphatic carbocycles. The van der Waals surface area contributed by atoms with Gasteiger partial charge < -0.3 is 14.8 Å². The Bertz CT molecular complexity index is 798. The highest BCUT2D eigenvalue weighted by atomic mass is 28.4. The summed E-state index contributed by atoms with van der Waals surface area (Å²) in [7, 11) is -1.70. The minimum absolute atomic E-state index is 0.299. The molecule has 3 nitrogen and oxygen atoms in total. The molecule has 1 heterocycles. The molecule has 5 aliphatic rings. The van der Waals surface area contributed by atoms with Crippen LogP contribution in [0.2, 0.25) is 18.1 Å². The predicted octanol–water partition coefficient (Wildman–Crippen LogP) is 7.79. The minimum atomic E-state index is -1.70. The molecule has 208 valence electrons. The summed E-state index contributed by atoms with van der Waals surface area (Å²) < 4.78 is 6.97. The zero-order chi connectivity index (χ0) is 26.1. The van der Waals surface area contributed by atoms with Crippen LogP contribution in [0.25, 0.3) is 0 Å². The second kappa shape index (κ2) is 9.34. The molecule has 1 aliphatic heterocycles. The van der Waals surface area contributed by atoms with Crippen molar-refractivity contribution in [1.82, 2.24) is 5.32 Å². The molecule has 0 spiro atoms. The summed E-state index contributed by atoms with van der Waals surface area (Å²) in [4.78, 5) is 0. The zero-order valence-corrected chi connectivity index (χ0v) is 26.1. The van der Waals surface area contributed by atoms with Crippen LogP contribution in [-0.4, -0.2) is 38.2 Å². The molecule has 2 N–H and O–H groups in total. The summed E-state index contributed by atoms with van der Waals surface area (Å²) in [5.74, 6) is 4.34. The Labute approximate surface area is 224 Å². The third-order valence-electron chi connectivity index (χ3n) is 13.7. The second-order valence-electron chi connectivity index (χ2n) is 16.4. The fraction of sp³-hybridized carbons (Fsp3) is 1.00. The van der Waals surface area contributed by atoms with Gasteiger partial charge >= 0.3 is 0 Å². The average molecular weight is 518 g/mol. The van der Waals surface area contributed by atoms with Crippen LogP contribution in [0.15, 0.2) is 0 Å². The van der Waals surface area contributed by atoms with Crippen molar-refractivity contribution in [2.75, 3.05) is 13.1 Å². The van der Waals surface area contributed by atoms with E-state index in [1.165, 1.54) is 70.6 Å². The van der Waals surface area contributed by atoms with Crippen molar-refractivity contribution >= 4 is 8.32 Å². The largest absolute Gasteiger partial charge is 0.414 e. The van der Waals surface area contributed by atoms with Gasteiger partial charge in [-0.05, 0) is 143 Å². The van der Waals surface area contributed by atoms with E-state index in [4.69, 9.17) is 4.43 Å². The summed E-state index contributed by atoms with van der Waals surface area (Å²) in [6.45, 7) is 21.7. The van der Waals surface area contributed by atoms with Gasteiger partial charge in [0.15, 0.2) is 8.32 Å². The van der Waals surface area contributed by atoms with Crippen molar-refractivity contribution in [2.45, 2.75) is 142 Å². The molecule has 0 aromatic rings. The number of aliphatic hydroxyl groups is 1. The topological polar surface area (TPSA) is 41.5 Å². The maximum Gasteiger partial charge on any atom is 0.192 e. The van der Waals surface area contributed by atoms with E-state index in [9.17, 15) is 5.11 Å². The lowest BCUT2D eigenvalue weighted by Gasteiger charge is -2.62. The van der Waals surface area contributed by atoms with Crippen LogP contribution in [0.1, 0.15) is 112 Å². The van der Waals surface area contributed by atoms with Crippen molar-refractivity contribution in [3.63, 3.8) is 0 Å². The van der Waals surface area contributed by atoms with Gasteiger partial charge in [0.05, 0.1) is 5.60 Å². The third kappa shape index (κ3) is 4.40. The molecule has 5 fully saturated rings. The number of nitrogens with one attached hydrogen (secondary N) is 1. The Morgan fingerprint density at radius 3 is 2.22 bits per heavy atom. The number of hydrogen-bond donors (Lipinski definition) is 2. The normalized spacial score (nSPS) is 47.4. The first kappa shape index (κ1) is 27.7. The van der Waals surface area contributed by atoms with E-state index in [2.05, 4.69) is 60.0 Å². The van der Waals surface area contributed by atoms with Crippen LogP contribution >= 0.6 is 0 Å². The van der Waals surface area contributed by atoms with Gasteiger partial charge in [0.1, 0.15) is 0 Å². The molecule has 4 heteroatoms. The Morgan fingerprint density at radius 2 is 1.56 bits per heavy atom. The van der Waals surface area contributed by atoms with Gasteiger partial charge in [-0.25, -0.2) is 0 Å². The lowest BCUT2D eigenvalue weighted by atomic mass is 9.44. The Kier molecular flexibility index (Phi) is 7.17. The second-order valence-corrected chi connectivity index (χ2v) is 21.1. The molecule has 0 bridgehead atoms. The Balaban J connectivity index is 1.29. The first-order valence-corrected chi connectivity index (χ1v) is 18.7. The first-order chi connectivity index (χ1) is 16.7. The maximum absolute atomic E-state index is 12.0. The SMILES string of the molecule is CC(O)(C1CCCNC1)[C@H]1CC[C@H]2[C@@H]3CC[C@H]4C[C@@H](O[Si](C)(C)C(C)(C)C)CC[C@]4(C)[C@H]3CC[C@]12C. The van der Waals surface area contributed by atoms with Crippen LogP contribution in [0.3, 0.4) is 0 Å². The van der Waals surface area contributed by atoms with Crippen molar-refractivity contribution in [2.24, 2.45) is 46.3 Å². The van der Waals surface area contributed by atoms with Crippen molar-refractivity contribution < 1.29 is 9.53 Å². The fourth-order valence-corrected chi connectivity index (χ4v) is 11.9. The fourth-order valence-electron chi connectivity index (χ4n) is 10.5. The molecule has 5 rings (SSSR count). The van der Waals surface area contributed by atoms with Crippen LogP contribution < -0.4 is 5.32 Å². The smallest absolute Gasteiger partial charge is 0.192 e. The van der Waals surface area contributed by atoms with Gasteiger partial charge in [-0.3, -0.25) is 0 Å². The van der Waals surface area contributed by atoms with E-state index in [0.717, 1.165) is 36.8 Å². The molecule has 10 atom stereocenters. The standard InChI is InChI=1S/C32H59NO2Si/c1-29(2,3)36(7,8)35-24-15-17-30(4)22(20-24)11-12-25-26-13-14-28(31(26,5)18-16-27(25)30)32(6,34)23-10-9-19-33-21-23/h22-28,33-34H,9-21H2,1-8H3/t22-,23?,24-,25-,26-,27-,28-,30-,31-,32?/m0/s1. The molecule has 0 radical (unpaired) electrons. The van der Waals surface area contributed by atoms with Gasteiger partial charge in [0.25, 0.3) is 0 Å². The summed E-state index contributed by atoms with van der Waals surface area (Å²) in [6.07, 6.45) is 15.0. The van der Waals surface area contributed by atoms with Crippen LogP contribution in [0.4, 0.5) is 0 Å². The molecule has 0 aromatic heterocycles. The third-order valence-corrected chi connectivity index (χ3v) is 18.2. The molecule has 2 unspecified atom stereocenters. The van der Waals surface area contributed by atoms with Crippen molar-refractivity contribution in [3.8, 4) is 0 Å². The number of fused-ring (bicyclic) bond motifs is 5. The maximum atomic E-state index is 12.0. The minimum Gasteiger partial charge on any atom is -0.414 e. The molecule has 1 saturated heterocycles. The lowest BCUT2D eigenvalue weighted by Crippen LogP contribution is -2.58. The van der Waals surface area contributed by atoms with Gasteiger partial charge in [0, 0.05) is 18.6 Å². The lowest BCUT2D eigenvalue weighted by molar-refractivity contribution is -0.153. The van der Waals surface area contributed by atoms with E-state index < -0.39 is 13.9 Å². The Morgan fingerprint density at radius 1 is 0.861 bits per heavy atom. The molecular formula is C32H59NO2Si. The Hall–Kier alpha value is 0.0969. The highest BCUT2D eigenvalue weighted by Crippen LogP contribution is 2.69.